The van der Waals surface area contributed by atoms with Crippen LogP contribution >= 0.6 is 0 Å². The van der Waals surface area contributed by atoms with E-state index in [0.29, 0.717) is 0 Å². The number of amides is 1. The van der Waals surface area contributed by atoms with Crippen molar-refractivity contribution >= 4 is 5.91 Å². The molecule has 0 aliphatic heterocycles. The zero-order valence-electron chi connectivity index (χ0n) is 17.8. The van der Waals surface area contributed by atoms with E-state index in [9.17, 15) is 4.79 Å². The maximum atomic E-state index is 13.4. The van der Waals surface area contributed by atoms with E-state index in [-0.39, 0.29) is 17.5 Å². The molecule has 1 fully saturated rings. The average molecular weight is 379 g/mol. The zero-order chi connectivity index (χ0) is 20.1. The number of benzene rings is 2. The van der Waals surface area contributed by atoms with Gasteiger partial charge in [0.05, 0.1) is 6.04 Å². The molecule has 1 saturated carbocycles. The van der Waals surface area contributed by atoms with E-state index < -0.39 is 0 Å². The Morgan fingerprint density at radius 1 is 0.964 bits per heavy atom. The van der Waals surface area contributed by atoms with Gasteiger partial charge in [0.2, 0.25) is 0 Å². The molecule has 1 amide bonds. The molecule has 3 rings (SSSR count). The van der Waals surface area contributed by atoms with Crippen molar-refractivity contribution < 1.29 is 4.79 Å². The first-order chi connectivity index (χ1) is 13.5. The van der Waals surface area contributed by atoms with Crippen LogP contribution in [0.3, 0.4) is 0 Å². The predicted octanol–water partition coefficient (Wildman–Crippen LogP) is 5.43. The number of nitrogens with one attached hydrogen (secondary N) is 1. The van der Waals surface area contributed by atoms with Crippen LogP contribution in [0.25, 0.3) is 0 Å². The number of carbonyl (C=O) groups is 1. The Kier molecular flexibility index (Phi) is 6.56. The summed E-state index contributed by atoms with van der Waals surface area (Å²) in [5, 5.41) is 3.48. The lowest BCUT2D eigenvalue weighted by Crippen LogP contribution is -2.56. The van der Waals surface area contributed by atoms with Gasteiger partial charge in [0.25, 0.3) is 5.91 Å². The molecule has 0 radical (unpaired) electrons. The average Bonchev–Trinajstić information content (AvgIpc) is 3.18. The van der Waals surface area contributed by atoms with Crippen LogP contribution in [0.4, 0.5) is 0 Å². The summed E-state index contributed by atoms with van der Waals surface area (Å²) >= 11 is 0. The maximum Gasteiger partial charge on any atom is 0.252 e. The fourth-order valence-corrected chi connectivity index (χ4v) is 5.18. The molecule has 28 heavy (non-hydrogen) atoms. The molecular formula is C25H34N2O. The molecule has 0 heterocycles. The highest BCUT2D eigenvalue weighted by molar-refractivity contribution is 5.97. The first-order valence-corrected chi connectivity index (χ1v) is 10.7. The molecule has 0 spiro atoms. The molecule has 2 aromatic carbocycles. The van der Waals surface area contributed by atoms with Gasteiger partial charge >= 0.3 is 0 Å². The van der Waals surface area contributed by atoms with Crippen molar-refractivity contribution in [1.82, 2.24) is 10.2 Å². The molecular weight excluding hydrogens is 344 g/mol. The minimum Gasteiger partial charge on any atom is -0.343 e. The third-order valence-electron chi connectivity index (χ3n) is 6.52. The van der Waals surface area contributed by atoms with Gasteiger partial charge in [-0.05, 0) is 56.5 Å². The van der Waals surface area contributed by atoms with E-state index in [1.54, 1.807) is 0 Å². The molecule has 1 atom stereocenters. The molecule has 1 unspecified atom stereocenters. The summed E-state index contributed by atoms with van der Waals surface area (Å²) in [4.78, 5) is 16.0. The highest BCUT2D eigenvalue weighted by Crippen LogP contribution is 2.44. The van der Waals surface area contributed by atoms with Gasteiger partial charge < -0.3 is 5.32 Å². The topological polar surface area (TPSA) is 32.3 Å². The molecule has 1 aliphatic carbocycles. The summed E-state index contributed by atoms with van der Waals surface area (Å²) in [6, 6.07) is 16.6. The van der Waals surface area contributed by atoms with Gasteiger partial charge in [-0.3, -0.25) is 9.69 Å². The Balaban J connectivity index is 2.04. The molecule has 0 aromatic heterocycles. The smallest absolute Gasteiger partial charge is 0.252 e. The summed E-state index contributed by atoms with van der Waals surface area (Å²) < 4.78 is 0. The molecule has 1 aliphatic rings. The lowest BCUT2D eigenvalue weighted by molar-refractivity contribution is 0.0553. The minimum absolute atomic E-state index is 0.0115. The summed E-state index contributed by atoms with van der Waals surface area (Å²) in [6.45, 7) is 10.5. The van der Waals surface area contributed by atoms with Gasteiger partial charge in [0, 0.05) is 11.1 Å². The summed E-state index contributed by atoms with van der Waals surface area (Å²) in [5.74, 6) is 0.0443. The van der Waals surface area contributed by atoms with Crippen LogP contribution in [-0.2, 0) is 0 Å². The highest BCUT2D eigenvalue weighted by atomic mass is 16.1. The van der Waals surface area contributed by atoms with Crippen LogP contribution in [0.2, 0.25) is 0 Å². The molecule has 3 nitrogen and oxygen atoms in total. The molecule has 1 N–H and O–H groups in total. The normalized spacial score (nSPS) is 16.9. The fraction of sp³-hybridized carbons (Fsp3) is 0.480. The van der Waals surface area contributed by atoms with Crippen molar-refractivity contribution in [2.45, 2.75) is 65.0 Å². The number of hydrogen-bond acceptors (Lipinski definition) is 2. The van der Waals surface area contributed by atoms with E-state index in [1.165, 1.54) is 18.4 Å². The Labute approximate surface area is 170 Å². The fourth-order valence-electron chi connectivity index (χ4n) is 5.18. The monoisotopic (exact) mass is 378 g/mol. The third kappa shape index (κ3) is 3.86. The number of nitrogens with zero attached hydrogens (tertiary/aromatic N) is 1. The van der Waals surface area contributed by atoms with Crippen LogP contribution in [0.15, 0.2) is 48.5 Å². The number of carbonyl (C=O) groups excluding carboxylic acids is 1. The Morgan fingerprint density at radius 3 is 2.07 bits per heavy atom. The predicted molar refractivity (Wildman–Crippen MR) is 117 cm³/mol. The summed E-state index contributed by atoms with van der Waals surface area (Å²) in [6.07, 6.45) is 4.70. The number of rotatable bonds is 7. The van der Waals surface area contributed by atoms with E-state index >= 15 is 0 Å². The molecule has 2 aromatic rings. The van der Waals surface area contributed by atoms with Crippen molar-refractivity contribution in [3.63, 3.8) is 0 Å². The van der Waals surface area contributed by atoms with Crippen LogP contribution in [0.5, 0.6) is 0 Å². The van der Waals surface area contributed by atoms with Gasteiger partial charge in [-0.15, -0.1) is 0 Å². The van der Waals surface area contributed by atoms with E-state index in [4.69, 9.17) is 0 Å². The minimum atomic E-state index is -0.0168. The van der Waals surface area contributed by atoms with Gasteiger partial charge in [-0.25, -0.2) is 0 Å². The van der Waals surface area contributed by atoms with Crippen molar-refractivity contribution in [3.05, 3.63) is 70.8 Å². The lowest BCUT2D eigenvalue weighted by Gasteiger charge is -2.46. The maximum absolute atomic E-state index is 13.4. The molecule has 150 valence electrons. The van der Waals surface area contributed by atoms with Crippen molar-refractivity contribution in [1.29, 1.82) is 0 Å². The Bertz CT molecular complexity index is 769. The largest absolute Gasteiger partial charge is 0.343 e. The second-order valence-corrected chi connectivity index (χ2v) is 8.07. The van der Waals surface area contributed by atoms with Crippen molar-refractivity contribution in [2.75, 3.05) is 13.1 Å². The molecule has 0 bridgehead atoms. The zero-order valence-corrected chi connectivity index (χ0v) is 17.8. The van der Waals surface area contributed by atoms with E-state index in [1.807, 2.05) is 38.1 Å². The Morgan fingerprint density at radius 2 is 1.54 bits per heavy atom. The second kappa shape index (κ2) is 8.91. The van der Waals surface area contributed by atoms with Gasteiger partial charge in [0.15, 0.2) is 0 Å². The summed E-state index contributed by atoms with van der Waals surface area (Å²) in [5.41, 5.74) is 4.07. The lowest BCUT2D eigenvalue weighted by atomic mass is 9.81. The standard InChI is InChI=1S/C25H34N2O/c1-5-27(6-2)25(17-10-11-18-25)23(21-15-8-7-9-16-21)26-24(28)22-19(3)13-12-14-20(22)4/h7-9,12-16,23H,5-6,10-11,17-18H2,1-4H3,(H,26,28). The van der Waals surface area contributed by atoms with Gasteiger partial charge in [0.1, 0.15) is 0 Å². The SMILES string of the molecule is CCN(CC)C1(C(NC(=O)c2c(C)cccc2C)c2ccccc2)CCCC1. The van der Waals surface area contributed by atoms with Crippen LogP contribution in [0.1, 0.15) is 72.6 Å². The molecule has 0 saturated heterocycles. The van der Waals surface area contributed by atoms with E-state index in [2.05, 4.69) is 48.3 Å². The summed E-state index contributed by atoms with van der Waals surface area (Å²) in [7, 11) is 0. The second-order valence-electron chi connectivity index (χ2n) is 8.07. The van der Waals surface area contributed by atoms with Gasteiger partial charge in [-0.2, -0.15) is 0 Å². The molecule has 3 heteroatoms. The van der Waals surface area contributed by atoms with Crippen LogP contribution < -0.4 is 5.32 Å². The number of hydrogen-bond donors (Lipinski definition) is 1. The van der Waals surface area contributed by atoms with Crippen LogP contribution in [-0.4, -0.2) is 29.4 Å². The first-order valence-electron chi connectivity index (χ1n) is 10.7. The quantitative estimate of drug-likeness (QED) is 0.697. The third-order valence-corrected chi connectivity index (χ3v) is 6.52. The highest BCUT2D eigenvalue weighted by Gasteiger charge is 2.46. The van der Waals surface area contributed by atoms with Crippen LogP contribution in [0, 0.1) is 13.8 Å². The Hall–Kier alpha value is -2.13. The van der Waals surface area contributed by atoms with Crippen molar-refractivity contribution in [2.24, 2.45) is 0 Å². The number of likely N-dealkylation sites (N-methyl/N-ethyl adjacent to an activating group) is 1. The van der Waals surface area contributed by atoms with Gasteiger partial charge in [-0.1, -0.05) is 75.2 Å². The first kappa shape index (κ1) is 20.6. The van der Waals surface area contributed by atoms with Crippen molar-refractivity contribution in [3.8, 4) is 0 Å². The van der Waals surface area contributed by atoms with E-state index in [0.717, 1.165) is 42.6 Å². The number of aryl methyl sites for hydroxylation is 2.